The molecule has 2 aromatic rings. The molecule has 1 atom stereocenters. The number of hydrogen-bond acceptors (Lipinski definition) is 8. The topological polar surface area (TPSA) is 147 Å². The fourth-order valence-corrected chi connectivity index (χ4v) is 3.92. The summed E-state index contributed by atoms with van der Waals surface area (Å²) in [5, 5.41) is 14.2. The number of carboxylic acids is 1. The van der Waals surface area contributed by atoms with Crippen LogP contribution >= 0.6 is 0 Å². The maximum Gasteiger partial charge on any atom is 0.344 e. The standard InChI is InChI=1S/C26H28N4O8/c1-16(25(33)34)38-21-8-3-17(14-22(21)36-2)13-20-24(32)30(26(35)28-20)15-23(31)27-18-4-6-19(7-5-18)29-9-11-37-12-10-29/h3-8,13-14,16H,9-12,15H2,1-2H3,(H,27,31)(H,28,35)(H,33,34)/b20-13-/t16-/m0/s1. The lowest BCUT2D eigenvalue weighted by molar-refractivity contribution is -0.144. The van der Waals surface area contributed by atoms with Gasteiger partial charge in [0.15, 0.2) is 17.6 Å². The van der Waals surface area contributed by atoms with Gasteiger partial charge in [-0.1, -0.05) is 6.07 Å². The van der Waals surface area contributed by atoms with E-state index in [0.29, 0.717) is 24.5 Å². The lowest BCUT2D eigenvalue weighted by atomic mass is 10.1. The first-order chi connectivity index (χ1) is 18.2. The number of aliphatic carboxylic acids is 1. The molecule has 2 aliphatic rings. The highest BCUT2D eigenvalue weighted by molar-refractivity contribution is 6.16. The average molecular weight is 525 g/mol. The van der Waals surface area contributed by atoms with Crippen LogP contribution in [0.3, 0.4) is 0 Å². The molecule has 0 saturated carbocycles. The Morgan fingerprint density at radius 1 is 1.13 bits per heavy atom. The van der Waals surface area contributed by atoms with Crippen molar-refractivity contribution in [1.82, 2.24) is 10.2 Å². The molecule has 0 radical (unpaired) electrons. The van der Waals surface area contributed by atoms with E-state index in [1.165, 1.54) is 32.2 Å². The highest BCUT2D eigenvalue weighted by Crippen LogP contribution is 2.30. The molecule has 0 bridgehead atoms. The Balaban J connectivity index is 1.38. The summed E-state index contributed by atoms with van der Waals surface area (Å²) in [7, 11) is 1.39. The Morgan fingerprint density at radius 3 is 2.50 bits per heavy atom. The van der Waals surface area contributed by atoms with Crippen LogP contribution in [0.4, 0.5) is 16.2 Å². The second-order valence-corrected chi connectivity index (χ2v) is 8.58. The molecule has 4 amide bonds. The van der Waals surface area contributed by atoms with Crippen molar-refractivity contribution in [2.45, 2.75) is 13.0 Å². The second-order valence-electron chi connectivity index (χ2n) is 8.58. The van der Waals surface area contributed by atoms with Gasteiger partial charge in [0.05, 0.1) is 20.3 Å². The monoisotopic (exact) mass is 524 g/mol. The first-order valence-corrected chi connectivity index (χ1v) is 11.9. The van der Waals surface area contributed by atoms with Gasteiger partial charge in [-0.25, -0.2) is 14.5 Å². The first kappa shape index (κ1) is 26.5. The minimum Gasteiger partial charge on any atom is -0.493 e. The van der Waals surface area contributed by atoms with E-state index < -0.39 is 36.5 Å². The Kier molecular flexibility index (Phi) is 8.12. The van der Waals surface area contributed by atoms with Crippen LogP contribution in [0, 0.1) is 0 Å². The van der Waals surface area contributed by atoms with Crippen molar-refractivity contribution in [2.75, 3.05) is 50.2 Å². The number of urea groups is 1. The van der Waals surface area contributed by atoms with Gasteiger partial charge in [-0.3, -0.25) is 9.59 Å². The Bertz CT molecular complexity index is 1250. The van der Waals surface area contributed by atoms with Crippen LogP contribution in [0.2, 0.25) is 0 Å². The van der Waals surface area contributed by atoms with Crippen molar-refractivity contribution in [3.05, 3.63) is 53.7 Å². The Hall–Kier alpha value is -4.58. The summed E-state index contributed by atoms with van der Waals surface area (Å²) < 4.78 is 16.0. The largest absolute Gasteiger partial charge is 0.493 e. The summed E-state index contributed by atoms with van der Waals surface area (Å²) >= 11 is 0. The van der Waals surface area contributed by atoms with Crippen molar-refractivity contribution in [3.63, 3.8) is 0 Å². The lowest BCUT2D eigenvalue weighted by Gasteiger charge is -2.28. The van der Waals surface area contributed by atoms with E-state index in [0.717, 1.165) is 23.7 Å². The van der Waals surface area contributed by atoms with Gasteiger partial charge in [0, 0.05) is 24.5 Å². The highest BCUT2D eigenvalue weighted by Gasteiger charge is 2.35. The van der Waals surface area contributed by atoms with Gasteiger partial charge >= 0.3 is 12.0 Å². The minimum absolute atomic E-state index is 0.0210. The summed E-state index contributed by atoms with van der Waals surface area (Å²) in [6.45, 7) is 3.84. The summed E-state index contributed by atoms with van der Waals surface area (Å²) in [5.41, 5.74) is 2.03. The van der Waals surface area contributed by atoms with E-state index in [9.17, 15) is 19.2 Å². The molecular formula is C26H28N4O8. The van der Waals surface area contributed by atoms with E-state index in [2.05, 4.69) is 15.5 Å². The fourth-order valence-electron chi connectivity index (χ4n) is 3.92. The molecule has 0 aliphatic carbocycles. The molecule has 2 aliphatic heterocycles. The SMILES string of the molecule is COc1cc(/C=C2\NC(=O)N(CC(=O)Nc3ccc(N4CCOCC4)cc3)C2=O)ccc1O[C@@H](C)C(=O)O. The number of carbonyl (C=O) groups excluding carboxylic acids is 3. The van der Waals surface area contributed by atoms with E-state index in [1.807, 2.05) is 12.1 Å². The van der Waals surface area contributed by atoms with Gasteiger partial charge in [0.1, 0.15) is 12.2 Å². The molecule has 2 aromatic carbocycles. The van der Waals surface area contributed by atoms with Crippen LogP contribution in [0.15, 0.2) is 48.2 Å². The van der Waals surface area contributed by atoms with Gasteiger partial charge in [0.2, 0.25) is 5.91 Å². The second kappa shape index (κ2) is 11.6. The van der Waals surface area contributed by atoms with Crippen LogP contribution in [-0.2, 0) is 19.1 Å². The molecule has 2 fully saturated rings. The molecule has 12 heteroatoms. The predicted molar refractivity (Wildman–Crippen MR) is 137 cm³/mol. The van der Waals surface area contributed by atoms with E-state index in [-0.39, 0.29) is 17.2 Å². The van der Waals surface area contributed by atoms with Crippen LogP contribution in [0.1, 0.15) is 12.5 Å². The molecule has 38 heavy (non-hydrogen) atoms. The third-order valence-corrected chi connectivity index (χ3v) is 5.94. The van der Waals surface area contributed by atoms with Crippen molar-refractivity contribution in [2.24, 2.45) is 0 Å². The smallest absolute Gasteiger partial charge is 0.344 e. The summed E-state index contributed by atoms with van der Waals surface area (Å²) in [6.07, 6.45) is 0.335. The normalized spacial score (nSPS) is 17.3. The van der Waals surface area contributed by atoms with E-state index in [1.54, 1.807) is 18.2 Å². The zero-order chi connectivity index (χ0) is 27.2. The third-order valence-electron chi connectivity index (χ3n) is 5.94. The van der Waals surface area contributed by atoms with Gasteiger partial charge in [-0.15, -0.1) is 0 Å². The average Bonchev–Trinajstić information content (AvgIpc) is 3.17. The number of anilines is 2. The Labute approximate surface area is 218 Å². The summed E-state index contributed by atoms with van der Waals surface area (Å²) in [5.74, 6) is -1.86. The molecule has 12 nitrogen and oxygen atoms in total. The van der Waals surface area contributed by atoms with Crippen molar-refractivity contribution in [3.8, 4) is 11.5 Å². The number of ether oxygens (including phenoxy) is 3. The first-order valence-electron chi connectivity index (χ1n) is 11.9. The molecule has 0 unspecified atom stereocenters. The van der Waals surface area contributed by atoms with E-state index >= 15 is 0 Å². The van der Waals surface area contributed by atoms with E-state index in [4.69, 9.17) is 19.3 Å². The molecule has 4 rings (SSSR count). The number of rotatable bonds is 9. The number of hydrogen-bond donors (Lipinski definition) is 3. The number of carboxylic acid groups (broad SMARTS) is 1. The van der Waals surface area contributed by atoms with Gasteiger partial charge in [-0.2, -0.15) is 0 Å². The Morgan fingerprint density at radius 2 is 1.84 bits per heavy atom. The molecule has 0 spiro atoms. The van der Waals surface area contributed by atoms with Crippen molar-refractivity contribution in [1.29, 1.82) is 0 Å². The molecule has 2 saturated heterocycles. The maximum atomic E-state index is 12.8. The van der Waals surface area contributed by atoms with Gasteiger partial charge < -0.3 is 34.9 Å². The summed E-state index contributed by atoms with van der Waals surface area (Å²) in [4.78, 5) is 51.9. The number of nitrogens with one attached hydrogen (secondary N) is 2. The number of carbonyl (C=O) groups is 4. The highest BCUT2D eigenvalue weighted by atomic mass is 16.5. The number of nitrogens with zero attached hydrogens (tertiary/aromatic N) is 2. The van der Waals surface area contributed by atoms with Crippen molar-refractivity contribution >= 4 is 41.3 Å². The van der Waals surface area contributed by atoms with Crippen LogP contribution in [0.5, 0.6) is 11.5 Å². The zero-order valence-electron chi connectivity index (χ0n) is 20.9. The number of amides is 4. The predicted octanol–water partition coefficient (Wildman–Crippen LogP) is 1.92. The molecule has 200 valence electrons. The van der Waals surface area contributed by atoms with Crippen LogP contribution in [-0.4, -0.2) is 79.9 Å². The molecular weight excluding hydrogens is 496 g/mol. The number of morpholine rings is 1. The number of imide groups is 1. The molecule has 3 N–H and O–H groups in total. The quantitative estimate of drug-likeness (QED) is 0.331. The molecule has 2 heterocycles. The zero-order valence-corrected chi connectivity index (χ0v) is 20.9. The van der Waals surface area contributed by atoms with Crippen LogP contribution in [0.25, 0.3) is 6.08 Å². The van der Waals surface area contributed by atoms with Crippen molar-refractivity contribution < 1.29 is 38.5 Å². The maximum absolute atomic E-state index is 12.8. The van der Waals surface area contributed by atoms with Gasteiger partial charge in [0.25, 0.3) is 5.91 Å². The summed E-state index contributed by atoms with van der Waals surface area (Å²) in [6, 6.07) is 11.2. The van der Waals surface area contributed by atoms with Gasteiger partial charge in [-0.05, 0) is 55.0 Å². The minimum atomic E-state index is -1.13. The van der Waals surface area contributed by atoms with Crippen LogP contribution < -0.4 is 25.0 Å². The third kappa shape index (κ3) is 6.21. The number of benzene rings is 2. The fraction of sp³-hybridized carbons (Fsp3) is 0.308. The number of methoxy groups -OCH3 is 1. The lowest BCUT2D eigenvalue weighted by Crippen LogP contribution is -2.38. The molecule has 0 aromatic heterocycles.